The summed E-state index contributed by atoms with van der Waals surface area (Å²) in [7, 11) is 0. The molecule has 2 rings (SSSR count). The molecule has 0 spiro atoms. The van der Waals surface area contributed by atoms with Gasteiger partial charge in [-0.15, -0.1) is 0 Å². The standard InChI is InChI=1S/C13H7F2O2/c14-11-7-6-9(8-12(11)15)13(16)17-10-4-2-1-3-5-10/h2-8H. The summed E-state index contributed by atoms with van der Waals surface area (Å²) in [5, 5.41) is 0. The average Bonchev–Trinajstić information content (AvgIpc) is 2.34. The Balaban J connectivity index is 2.18. The van der Waals surface area contributed by atoms with E-state index in [2.05, 4.69) is 6.07 Å². The van der Waals surface area contributed by atoms with Crippen molar-refractivity contribution < 1.29 is 18.3 Å². The third-order valence-corrected chi connectivity index (χ3v) is 2.05. The summed E-state index contributed by atoms with van der Waals surface area (Å²) in [6.45, 7) is 0. The van der Waals surface area contributed by atoms with Crippen molar-refractivity contribution in [2.45, 2.75) is 0 Å². The van der Waals surface area contributed by atoms with Crippen LogP contribution < -0.4 is 4.74 Å². The third-order valence-electron chi connectivity index (χ3n) is 2.05. The van der Waals surface area contributed by atoms with Crippen molar-refractivity contribution in [1.82, 2.24) is 0 Å². The van der Waals surface area contributed by atoms with Crippen LogP contribution in [0.5, 0.6) is 5.75 Å². The largest absolute Gasteiger partial charge is 0.423 e. The van der Waals surface area contributed by atoms with Gasteiger partial charge in [-0.2, -0.15) is 0 Å². The Morgan fingerprint density at radius 2 is 1.76 bits per heavy atom. The fourth-order valence-electron chi connectivity index (χ4n) is 1.23. The van der Waals surface area contributed by atoms with E-state index >= 15 is 0 Å². The van der Waals surface area contributed by atoms with Gasteiger partial charge in [-0.05, 0) is 36.4 Å². The van der Waals surface area contributed by atoms with Crippen LogP contribution in [0, 0.1) is 17.7 Å². The molecule has 0 aromatic heterocycles. The first kappa shape index (κ1) is 11.3. The van der Waals surface area contributed by atoms with Crippen LogP contribution in [0.3, 0.4) is 0 Å². The Labute approximate surface area is 96.5 Å². The molecule has 0 unspecified atom stereocenters. The molecule has 2 aromatic rings. The lowest BCUT2D eigenvalue weighted by atomic mass is 10.2. The summed E-state index contributed by atoms with van der Waals surface area (Å²) < 4.78 is 30.5. The topological polar surface area (TPSA) is 26.3 Å². The molecule has 2 aromatic carbocycles. The predicted octanol–water partition coefficient (Wildman–Crippen LogP) is 2.98. The SMILES string of the molecule is O=C(Oc1cc[c]cc1)c1ccc(F)c(F)c1. The molecule has 0 aliphatic carbocycles. The molecule has 4 heteroatoms. The molecule has 0 atom stereocenters. The van der Waals surface area contributed by atoms with E-state index in [1.54, 1.807) is 12.1 Å². The zero-order valence-electron chi connectivity index (χ0n) is 8.61. The van der Waals surface area contributed by atoms with Gasteiger partial charge in [0.15, 0.2) is 11.6 Å². The van der Waals surface area contributed by atoms with E-state index in [1.807, 2.05) is 0 Å². The highest BCUT2D eigenvalue weighted by Crippen LogP contribution is 2.13. The van der Waals surface area contributed by atoms with E-state index in [9.17, 15) is 13.6 Å². The summed E-state index contributed by atoms with van der Waals surface area (Å²) in [4.78, 5) is 11.6. The Hall–Kier alpha value is -2.23. The van der Waals surface area contributed by atoms with Gasteiger partial charge in [-0.3, -0.25) is 0 Å². The highest BCUT2D eigenvalue weighted by molar-refractivity contribution is 5.91. The van der Waals surface area contributed by atoms with Crippen LogP contribution in [-0.2, 0) is 0 Å². The summed E-state index contributed by atoms with van der Waals surface area (Å²) in [5.74, 6) is -2.51. The van der Waals surface area contributed by atoms with Crippen molar-refractivity contribution in [2.24, 2.45) is 0 Å². The number of halogens is 2. The Bertz CT molecular complexity index is 538. The van der Waals surface area contributed by atoms with Gasteiger partial charge in [0.25, 0.3) is 0 Å². The predicted molar refractivity (Wildman–Crippen MR) is 56.6 cm³/mol. The Kier molecular flexibility index (Phi) is 3.14. The molecule has 0 amide bonds. The van der Waals surface area contributed by atoms with Gasteiger partial charge in [-0.1, -0.05) is 12.1 Å². The molecule has 85 valence electrons. The molecular formula is C13H7F2O2. The minimum atomic E-state index is -1.08. The number of ether oxygens (including phenoxy) is 1. The highest BCUT2D eigenvalue weighted by Gasteiger charge is 2.11. The van der Waals surface area contributed by atoms with Crippen LogP contribution in [0.4, 0.5) is 8.78 Å². The van der Waals surface area contributed by atoms with Crippen LogP contribution >= 0.6 is 0 Å². The molecule has 0 N–H and O–H groups in total. The van der Waals surface area contributed by atoms with Crippen molar-refractivity contribution in [1.29, 1.82) is 0 Å². The average molecular weight is 233 g/mol. The monoisotopic (exact) mass is 233 g/mol. The van der Waals surface area contributed by atoms with Gasteiger partial charge in [0.2, 0.25) is 0 Å². The molecule has 1 radical (unpaired) electrons. The van der Waals surface area contributed by atoms with Gasteiger partial charge in [0.1, 0.15) is 5.75 Å². The first-order valence-electron chi connectivity index (χ1n) is 4.80. The second kappa shape index (κ2) is 4.74. The molecule has 0 fully saturated rings. The molecule has 0 saturated carbocycles. The summed E-state index contributed by atoms with van der Waals surface area (Å²) >= 11 is 0. The first-order valence-corrected chi connectivity index (χ1v) is 4.80. The summed E-state index contributed by atoms with van der Waals surface area (Å²) in [6.07, 6.45) is 0. The van der Waals surface area contributed by atoms with Crippen LogP contribution in [0.1, 0.15) is 10.4 Å². The van der Waals surface area contributed by atoms with E-state index in [0.29, 0.717) is 5.75 Å². The second-order valence-electron chi connectivity index (χ2n) is 3.25. The van der Waals surface area contributed by atoms with Gasteiger partial charge in [0, 0.05) is 0 Å². The number of carbonyl (C=O) groups is 1. The molecule has 0 aliphatic heterocycles. The normalized spacial score (nSPS) is 10.0. The number of rotatable bonds is 2. The fraction of sp³-hybridized carbons (Fsp3) is 0. The van der Waals surface area contributed by atoms with Crippen molar-refractivity contribution >= 4 is 5.97 Å². The third kappa shape index (κ3) is 2.66. The zero-order valence-corrected chi connectivity index (χ0v) is 8.61. The Morgan fingerprint density at radius 3 is 2.41 bits per heavy atom. The van der Waals surface area contributed by atoms with Crippen LogP contribution in [0.25, 0.3) is 0 Å². The fourth-order valence-corrected chi connectivity index (χ4v) is 1.23. The van der Waals surface area contributed by atoms with Crippen molar-refractivity contribution in [2.75, 3.05) is 0 Å². The van der Waals surface area contributed by atoms with E-state index in [4.69, 9.17) is 4.74 Å². The minimum absolute atomic E-state index is 0.0447. The van der Waals surface area contributed by atoms with Crippen LogP contribution in [0.2, 0.25) is 0 Å². The molecule has 0 saturated heterocycles. The van der Waals surface area contributed by atoms with E-state index < -0.39 is 17.6 Å². The van der Waals surface area contributed by atoms with Crippen molar-refractivity contribution in [3.05, 3.63) is 65.7 Å². The van der Waals surface area contributed by atoms with Crippen LogP contribution in [-0.4, -0.2) is 5.97 Å². The maximum atomic E-state index is 12.9. The number of hydrogen-bond acceptors (Lipinski definition) is 2. The van der Waals surface area contributed by atoms with E-state index in [0.717, 1.165) is 18.2 Å². The smallest absolute Gasteiger partial charge is 0.343 e. The van der Waals surface area contributed by atoms with E-state index in [-0.39, 0.29) is 5.56 Å². The molecule has 0 aliphatic rings. The first-order chi connectivity index (χ1) is 8.16. The summed E-state index contributed by atoms with van der Waals surface area (Å²) in [6, 6.07) is 11.8. The second-order valence-corrected chi connectivity index (χ2v) is 3.25. The number of benzene rings is 2. The number of carbonyl (C=O) groups excluding carboxylic acids is 1. The Morgan fingerprint density at radius 1 is 1.06 bits per heavy atom. The quantitative estimate of drug-likeness (QED) is 0.588. The van der Waals surface area contributed by atoms with Crippen molar-refractivity contribution in [3.63, 3.8) is 0 Å². The number of esters is 1. The molecule has 0 bridgehead atoms. The zero-order chi connectivity index (χ0) is 12.3. The molecular weight excluding hydrogens is 226 g/mol. The van der Waals surface area contributed by atoms with E-state index in [1.165, 1.54) is 12.1 Å². The van der Waals surface area contributed by atoms with Crippen LogP contribution in [0.15, 0.2) is 42.5 Å². The molecule has 17 heavy (non-hydrogen) atoms. The molecule has 0 heterocycles. The summed E-state index contributed by atoms with van der Waals surface area (Å²) in [5.41, 5.74) is -0.0447. The van der Waals surface area contributed by atoms with Gasteiger partial charge in [-0.25, -0.2) is 13.6 Å². The lowest BCUT2D eigenvalue weighted by Crippen LogP contribution is -2.09. The maximum absolute atomic E-state index is 12.9. The van der Waals surface area contributed by atoms with Gasteiger partial charge in [0.05, 0.1) is 5.56 Å². The van der Waals surface area contributed by atoms with Gasteiger partial charge >= 0.3 is 5.97 Å². The number of hydrogen-bond donors (Lipinski definition) is 0. The minimum Gasteiger partial charge on any atom is -0.423 e. The van der Waals surface area contributed by atoms with Gasteiger partial charge < -0.3 is 4.74 Å². The lowest BCUT2D eigenvalue weighted by Gasteiger charge is -2.03. The molecule has 2 nitrogen and oxygen atoms in total. The maximum Gasteiger partial charge on any atom is 0.343 e. The van der Waals surface area contributed by atoms with Crippen molar-refractivity contribution in [3.8, 4) is 5.75 Å². The lowest BCUT2D eigenvalue weighted by molar-refractivity contribution is 0.0734. The highest BCUT2D eigenvalue weighted by atomic mass is 19.2.